The minimum Gasteiger partial charge on any atom is -0.488 e. The average Bonchev–Trinajstić information content (AvgIpc) is 3.07. The number of nitrogens with zero attached hydrogens (tertiary/aromatic N) is 4. The highest BCUT2D eigenvalue weighted by Crippen LogP contribution is 2.27. The fourth-order valence-corrected chi connectivity index (χ4v) is 2.86. The third kappa shape index (κ3) is 3.47. The van der Waals surface area contributed by atoms with E-state index in [2.05, 4.69) is 25.2 Å². The quantitative estimate of drug-likeness (QED) is 0.626. The number of hydrogen-bond acceptors (Lipinski definition) is 9. The zero-order valence-corrected chi connectivity index (χ0v) is 14.2. The van der Waals surface area contributed by atoms with Crippen molar-refractivity contribution in [1.29, 1.82) is 0 Å². The van der Waals surface area contributed by atoms with Gasteiger partial charge in [0.25, 0.3) is 11.9 Å². The van der Waals surface area contributed by atoms with Crippen molar-refractivity contribution in [2.24, 2.45) is 0 Å². The van der Waals surface area contributed by atoms with E-state index in [0.717, 1.165) is 32.0 Å². The van der Waals surface area contributed by atoms with E-state index >= 15 is 0 Å². The second-order valence-electron chi connectivity index (χ2n) is 5.77. The van der Waals surface area contributed by atoms with Crippen molar-refractivity contribution in [3.63, 3.8) is 0 Å². The highest BCUT2D eigenvalue weighted by atomic mass is 16.5. The molecule has 0 atom stereocenters. The first kappa shape index (κ1) is 16.4. The molecule has 1 aromatic carbocycles. The first-order valence-electron chi connectivity index (χ1n) is 8.48. The summed E-state index contributed by atoms with van der Waals surface area (Å²) in [5.74, 6) is 1.88. The molecule has 4 rings (SSSR count). The number of aromatic nitrogens is 3. The normalized spacial score (nSPS) is 14.5. The number of nitrogens with two attached hydrogens (primary N) is 1. The van der Waals surface area contributed by atoms with Crippen molar-refractivity contribution < 1.29 is 13.9 Å². The molecule has 9 nitrogen and oxygen atoms in total. The molecule has 3 aromatic rings. The molecule has 3 N–H and O–H groups in total. The molecule has 0 radical (unpaired) electrons. The molecule has 1 aliphatic heterocycles. The van der Waals surface area contributed by atoms with Crippen LogP contribution in [0.15, 0.2) is 35.0 Å². The molecule has 136 valence electrons. The van der Waals surface area contributed by atoms with E-state index in [1.54, 1.807) is 18.5 Å². The third-order valence-electron chi connectivity index (χ3n) is 4.04. The van der Waals surface area contributed by atoms with Crippen LogP contribution in [-0.2, 0) is 0 Å². The van der Waals surface area contributed by atoms with Crippen LogP contribution in [0.4, 0.5) is 11.8 Å². The largest absolute Gasteiger partial charge is 0.488 e. The lowest BCUT2D eigenvalue weighted by molar-refractivity contribution is 0.213. The minimum absolute atomic E-state index is 0.118. The summed E-state index contributed by atoms with van der Waals surface area (Å²) in [7, 11) is 0. The summed E-state index contributed by atoms with van der Waals surface area (Å²) in [6, 6.07) is 5.56. The fraction of sp³-hybridized carbons (Fsp3) is 0.353. The van der Waals surface area contributed by atoms with Crippen LogP contribution in [-0.4, -0.2) is 54.3 Å². The topological polar surface area (TPSA) is 112 Å². The molecular formula is C17H20N6O3. The first-order valence-corrected chi connectivity index (χ1v) is 8.48. The van der Waals surface area contributed by atoms with Crippen LogP contribution in [0.1, 0.15) is 0 Å². The SMILES string of the molecule is Nc1nc2c(OCCOc3nccnc3N3CCNCC3)cccc2o1. The number of piperazine rings is 1. The molecule has 9 heteroatoms. The summed E-state index contributed by atoms with van der Waals surface area (Å²) >= 11 is 0. The van der Waals surface area contributed by atoms with Gasteiger partial charge in [0.15, 0.2) is 16.9 Å². The number of oxazole rings is 1. The zero-order valence-electron chi connectivity index (χ0n) is 14.2. The number of nitrogens with one attached hydrogen (secondary N) is 1. The molecule has 3 heterocycles. The van der Waals surface area contributed by atoms with Gasteiger partial charge in [-0.25, -0.2) is 9.97 Å². The minimum atomic E-state index is 0.118. The van der Waals surface area contributed by atoms with Crippen molar-refractivity contribution in [2.75, 3.05) is 50.0 Å². The van der Waals surface area contributed by atoms with Crippen molar-refractivity contribution in [2.45, 2.75) is 0 Å². The van der Waals surface area contributed by atoms with Gasteiger partial charge in [-0.1, -0.05) is 6.07 Å². The van der Waals surface area contributed by atoms with Gasteiger partial charge in [0.2, 0.25) is 0 Å². The van der Waals surface area contributed by atoms with Crippen LogP contribution in [0.2, 0.25) is 0 Å². The predicted molar refractivity (Wildman–Crippen MR) is 96.5 cm³/mol. The Bertz CT molecular complexity index is 878. The molecule has 0 unspecified atom stereocenters. The number of anilines is 2. The molecule has 0 aliphatic carbocycles. The molecule has 2 aromatic heterocycles. The third-order valence-corrected chi connectivity index (χ3v) is 4.04. The maximum atomic E-state index is 5.80. The van der Waals surface area contributed by atoms with E-state index in [-0.39, 0.29) is 6.01 Å². The van der Waals surface area contributed by atoms with E-state index < -0.39 is 0 Å². The van der Waals surface area contributed by atoms with Crippen LogP contribution in [0.3, 0.4) is 0 Å². The molecule has 1 fully saturated rings. The summed E-state index contributed by atoms with van der Waals surface area (Å²) in [5.41, 5.74) is 6.79. The number of para-hydroxylation sites is 1. The fourth-order valence-electron chi connectivity index (χ4n) is 2.86. The first-order chi connectivity index (χ1) is 12.8. The zero-order chi connectivity index (χ0) is 17.8. The van der Waals surface area contributed by atoms with Gasteiger partial charge in [-0.2, -0.15) is 4.98 Å². The van der Waals surface area contributed by atoms with E-state index in [9.17, 15) is 0 Å². The van der Waals surface area contributed by atoms with Crippen molar-refractivity contribution in [3.05, 3.63) is 30.6 Å². The van der Waals surface area contributed by atoms with E-state index in [1.807, 2.05) is 12.1 Å². The van der Waals surface area contributed by atoms with Gasteiger partial charge in [-0.05, 0) is 12.1 Å². The van der Waals surface area contributed by atoms with Crippen LogP contribution >= 0.6 is 0 Å². The van der Waals surface area contributed by atoms with Gasteiger partial charge in [-0.3, -0.25) is 0 Å². The number of ether oxygens (including phenoxy) is 2. The molecule has 0 spiro atoms. The molecule has 0 amide bonds. The number of rotatable bonds is 6. The van der Waals surface area contributed by atoms with Gasteiger partial charge in [0.05, 0.1) is 0 Å². The lowest BCUT2D eigenvalue weighted by atomic mass is 10.3. The summed E-state index contributed by atoms with van der Waals surface area (Å²) in [5, 5.41) is 3.32. The molecular weight excluding hydrogens is 336 g/mol. The standard InChI is InChI=1S/C17H20N6O3/c18-17-22-14-12(2-1-3-13(14)26-17)24-10-11-25-16-15(20-4-5-21-16)23-8-6-19-7-9-23/h1-5,19H,6-11H2,(H2,18,22). The summed E-state index contributed by atoms with van der Waals surface area (Å²) in [4.78, 5) is 15.0. The Balaban J connectivity index is 1.37. The number of fused-ring (bicyclic) bond motifs is 1. The van der Waals surface area contributed by atoms with Gasteiger partial charge in [-0.15, -0.1) is 0 Å². The average molecular weight is 356 g/mol. The molecule has 0 saturated carbocycles. The van der Waals surface area contributed by atoms with Crippen LogP contribution < -0.4 is 25.4 Å². The van der Waals surface area contributed by atoms with Crippen LogP contribution in [0, 0.1) is 0 Å². The van der Waals surface area contributed by atoms with Crippen LogP contribution in [0.25, 0.3) is 11.1 Å². The molecule has 1 saturated heterocycles. The Kier molecular flexibility index (Phi) is 4.69. The van der Waals surface area contributed by atoms with E-state index in [1.165, 1.54) is 0 Å². The van der Waals surface area contributed by atoms with Crippen molar-refractivity contribution in [3.8, 4) is 11.6 Å². The van der Waals surface area contributed by atoms with Gasteiger partial charge in [0.1, 0.15) is 19.0 Å². The smallest absolute Gasteiger partial charge is 0.293 e. The Morgan fingerprint density at radius 2 is 1.92 bits per heavy atom. The van der Waals surface area contributed by atoms with E-state index in [0.29, 0.717) is 35.9 Å². The van der Waals surface area contributed by atoms with Crippen LogP contribution in [0.5, 0.6) is 11.6 Å². The highest BCUT2D eigenvalue weighted by Gasteiger charge is 2.17. The molecule has 1 aliphatic rings. The Labute approximate surface area is 150 Å². The van der Waals surface area contributed by atoms with Gasteiger partial charge < -0.3 is 29.8 Å². The lowest BCUT2D eigenvalue weighted by Crippen LogP contribution is -2.44. The predicted octanol–water partition coefficient (Wildman–Crippen LogP) is 1.07. The second kappa shape index (κ2) is 7.44. The van der Waals surface area contributed by atoms with Crippen molar-refractivity contribution in [1.82, 2.24) is 20.3 Å². The summed E-state index contributed by atoms with van der Waals surface area (Å²) in [6.07, 6.45) is 3.30. The van der Waals surface area contributed by atoms with E-state index in [4.69, 9.17) is 19.6 Å². The van der Waals surface area contributed by atoms with Crippen molar-refractivity contribution >= 4 is 22.9 Å². The number of nitrogen functional groups attached to an aromatic ring is 1. The number of benzene rings is 1. The number of hydrogen-bond donors (Lipinski definition) is 2. The monoisotopic (exact) mass is 356 g/mol. The second-order valence-corrected chi connectivity index (χ2v) is 5.77. The summed E-state index contributed by atoms with van der Waals surface area (Å²) < 4.78 is 16.9. The Morgan fingerprint density at radius 1 is 1.12 bits per heavy atom. The Hall–Kier alpha value is -3.07. The molecule has 0 bridgehead atoms. The lowest BCUT2D eigenvalue weighted by Gasteiger charge is -2.28. The molecule has 26 heavy (non-hydrogen) atoms. The van der Waals surface area contributed by atoms with Gasteiger partial charge in [0, 0.05) is 38.6 Å². The summed E-state index contributed by atoms with van der Waals surface area (Å²) in [6.45, 7) is 4.27. The van der Waals surface area contributed by atoms with Gasteiger partial charge >= 0.3 is 0 Å². The maximum Gasteiger partial charge on any atom is 0.293 e. The maximum absolute atomic E-state index is 5.80. The Morgan fingerprint density at radius 3 is 2.81 bits per heavy atom. The highest BCUT2D eigenvalue weighted by molar-refractivity contribution is 5.80.